The number of nitrogens with zero attached hydrogens (tertiary/aromatic N) is 3. The number of aromatic nitrogens is 3. The molecule has 0 saturated carbocycles. The maximum absolute atomic E-state index is 12.2. The first kappa shape index (κ1) is 20.1. The second-order valence-electron chi connectivity index (χ2n) is 6.31. The minimum absolute atomic E-state index is 0.109. The summed E-state index contributed by atoms with van der Waals surface area (Å²) in [5.74, 6) is -0.343. The first-order chi connectivity index (χ1) is 14.5. The molecule has 0 amide bonds. The van der Waals surface area contributed by atoms with Crippen LogP contribution < -0.4 is 5.32 Å². The van der Waals surface area contributed by atoms with Gasteiger partial charge in [0, 0.05) is 22.2 Å². The zero-order chi connectivity index (χ0) is 21.1. The Hall–Kier alpha value is -3.16. The molecular formula is C21H16Cl2N4O3. The number of halogens is 2. The summed E-state index contributed by atoms with van der Waals surface area (Å²) in [5.41, 5.74) is 2.47. The van der Waals surface area contributed by atoms with E-state index in [1.165, 1.54) is 0 Å². The molecule has 30 heavy (non-hydrogen) atoms. The van der Waals surface area contributed by atoms with Crippen molar-refractivity contribution in [2.24, 2.45) is 0 Å². The number of anilines is 1. The van der Waals surface area contributed by atoms with Crippen LogP contribution in [0.3, 0.4) is 0 Å². The molecule has 0 radical (unpaired) electrons. The van der Waals surface area contributed by atoms with E-state index >= 15 is 0 Å². The third kappa shape index (κ3) is 4.22. The number of benzene rings is 2. The Bertz CT molecular complexity index is 1190. The lowest BCUT2D eigenvalue weighted by molar-refractivity contribution is 0.0512. The third-order valence-electron chi connectivity index (χ3n) is 4.28. The fourth-order valence-corrected chi connectivity index (χ4v) is 3.11. The smallest absolute Gasteiger partial charge is 0.376 e. The van der Waals surface area contributed by atoms with Crippen LogP contribution in [0.1, 0.15) is 23.1 Å². The first-order valence-corrected chi connectivity index (χ1v) is 9.89. The predicted molar refractivity (Wildman–Crippen MR) is 115 cm³/mol. The topological polar surface area (TPSA) is 90.1 Å². The van der Waals surface area contributed by atoms with Crippen LogP contribution in [0.15, 0.2) is 53.1 Å². The van der Waals surface area contributed by atoms with Gasteiger partial charge in [0.05, 0.1) is 6.61 Å². The number of hydrogen-bond acceptors (Lipinski definition) is 7. The average molecular weight is 443 g/mol. The standard InChI is InChI=1S/C21H16Cl2N4O3/c1-2-29-21(28)19-25-18(24-11-12-3-7-14(22)8-4-12)16-17(27-30-20(16)26-19)13-5-9-15(23)10-6-13/h3-10H,2,11H2,1H3,(H,24,25,26). The van der Waals surface area contributed by atoms with Gasteiger partial charge in [0.2, 0.25) is 5.82 Å². The van der Waals surface area contributed by atoms with Gasteiger partial charge in [-0.05, 0) is 36.8 Å². The highest BCUT2D eigenvalue weighted by atomic mass is 35.5. The normalized spacial score (nSPS) is 10.9. The molecule has 0 spiro atoms. The second kappa shape index (κ2) is 8.69. The van der Waals surface area contributed by atoms with Gasteiger partial charge in [-0.1, -0.05) is 52.6 Å². The number of hydrogen-bond donors (Lipinski definition) is 1. The fraction of sp³-hybridized carbons (Fsp3) is 0.143. The van der Waals surface area contributed by atoms with Gasteiger partial charge in [-0.3, -0.25) is 0 Å². The molecule has 1 N–H and O–H groups in total. The molecule has 0 aliphatic carbocycles. The number of carbonyl (C=O) groups excluding carboxylic acids is 1. The van der Waals surface area contributed by atoms with Crippen LogP contribution in [0, 0.1) is 0 Å². The van der Waals surface area contributed by atoms with Crippen molar-refractivity contribution in [1.82, 2.24) is 15.1 Å². The zero-order valence-corrected chi connectivity index (χ0v) is 17.4. The number of ether oxygens (including phenoxy) is 1. The van der Waals surface area contributed by atoms with Gasteiger partial charge in [-0.15, -0.1) is 0 Å². The molecule has 0 atom stereocenters. The third-order valence-corrected chi connectivity index (χ3v) is 4.79. The van der Waals surface area contributed by atoms with Crippen LogP contribution in [0.5, 0.6) is 0 Å². The summed E-state index contributed by atoms with van der Waals surface area (Å²) in [4.78, 5) is 20.8. The van der Waals surface area contributed by atoms with Crippen LogP contribution in [-0.4, -0.2) is 27.7 Å². The molecule has 0 aliphatic heterocycles. The lowest BCUT2D eigenvalue weighted by Gasteiger charge is -2.09. The molecule has 2 aromatic carbocycles. The van der Waals surface area contributed by atoms with Crippen LogP contribution in [0.2, 0.25) is 10.0 Å². The van der Waals surface area contributed by atoms with Crippen LogP contribution >= 0.6 is 23.2 Å². The van der Waals surface area contributed by atoms with Gasteiger partial charge >= 0.3 is 5.97 Å². The number of nitrogens with one attached hydrogen (secondary N) is 1. The molecule has 9 heteroatoms. The van der Waals surface area contributed by atoms with E-state index in [4.69, 9.17) is 32.5 Å². The Balaban J connectivity index is 1.78. The van der Waals surface area contributed by atoms with Crippen molar-refractivity contribution in [1.29, 1.82) is 0 Å². The molecule has 4 aromatic rings. The quantitative estimate of drug-likeness (QED) is 0.400. The summed E-state index contributed by atoms with van der Waals surface area (Å²) in [6, 6.07) is 14.6. The second-order valence-corrected chi connectivity index (χ2v) is 7.19. The van der Waals surface area contributed by atoms with E-state index < -0.39 is 5.97 Å². The maximum atomic E-state index is 12.2. The van der Waals surface area contributed by atoms with Gasteiger partial charge in [-0.2, -0.15) is 4.98 Å². The summed E-state index contributed by atoms with van der Waals surface area (Å²) in [6.45, 7) is 2.36. The zero-order valence-electron chi connectivity index (χ0n) is 15.9. The number of rotatable bonds is 6. The Morgan fingerprint density at radius 2 is 1.70 bits per heavy atom. The highest BCUT2D eigenvalue weighted by Crippen LogP contribution is 2.32. The highest BCUT2D eigenvalue weighted by Gasteiger charge is 2.22. The van der Waals surface area contributed by atoms with Crippen LogP contribution in [0.25, 0.3) is 22.4 Å². The molecule has 0 bridgehead atoms. The van der Waals surface area contributed by atoms with Gasteiger partial charge in [-0.25, -0.2) is 9.78 Å². The summed E-state index contributed by atoms with van der Waals surface area (Å²) in [7, 11) is 0. The molecule has 0 aliphatic rings. The summed E-state index contributed by atoms with van der Waals surface area (Å²) in [5, 5.41) is 9.19. The van der Waals surface area contributed by atoms with E-state index in [0.29, 0.717) is 33.5 Å². The molecular weight excluding hydrogens is 427 g/mol. The predicted octanol–water partition coefficient (Wildman–Crippen LogP) is 5.38. The molecule has 0 fully saturated rings. The Morgan fingerprint density at radius 1 is 1.03 bits per heavy atom. The SMILES string of the molecule is CCOC(=O)c1nc(NCc2ccc(Cl)cc2)c2c(-c3ccc(Cl)cc3)noc2n1. The van der Waals surface area contributed by atoms with Crippen molar-refractivity contribution >= 4 is 46.1 Å². The lowest BCUT2D eigenvalue weighted by atomic mass is 10.1. The van der Waals surface area contributed by atoms with Gasteiger partial charge in [0.15, 0.2) is 0 Å². The Morgan fingerprint density at radius 3 is 2.37 bits per heavy atom. The number of fused-ring (bicyclic) bond motifs is 1. The van der Waals surface area contributed by atoms with E-state index in [1.54, 1.807) is 31.2 Å². The monoisotopic (exact) mass is 442 g/mol. The number of esters is 1. The van der Waals surface area contributed by atoms with Crippen molar-refractivity contribution in [3.8, 4) is 11.3 Å². The minimum Gasteiger partial charge on any atom is -0.460 e. The van der Waals surface area contributed by atoms with E-state index in [9.17, 15) is 4.79 Å². The molecule has 2 heterocycles. The van der Waals surface area contributed by atoms with E-state index in [-0.39, 0.29) is 18.1 Å². The lowest BCUT2D eigenvalue weighted by Crippen LogP contribution is -2.12. The molecule has 4 rings (SSSR count). The Labute approximate surface area is 182 Å². The molecule has 0 unspecified atom stereocenters. The Kier molecular flexibility index (Phi) is 5.83. The van der Waals surface area contributed by atoms with Gasteiger partial charge in [0.1, 0.15) is 16.9 Å². The molecule has 0 saturated heterocycles. The highest BCUT2D eigenvalue weighted by molar-refractivity contribution is 6.30. The van der Waals surface area contributed by atoms with E-state index in [0.717, 1.165) is 11.1 Å². The van der Waals surface area contributed by atoms with Crippen molar-refractivity contribution in [2.45, 2.75) is 13.5 Å². The first-order valence-electron chi connectivity index (χ1n) is 9.14. The van der Waals surface area contributed by atoms with Crippen LogP contribution in [-0.2, 0) is 11.3 Å². The van der Waals surface area contributed by atoms with Crippen molar-refractivity contribution in [3.63, 3.8) is 0 Å². The van der Waals surface area contributed by atoms with Crippen molar-refractivity contribution < 1.29 is 14.1 Å². The van der Waals surface area contributed by atoms with E-state index in [2.05, 4.69) is 20.4 Å². The minimum atomic E-state index is -0.640. The van der Waals surface area contributed by atoms with Gasteiger partial charge in [0.25, 0.3) is 5.71 Å². The summed E-state index contributed by atoms with van der Waals surface area (Å²) in [6.07, 6.45) is 0. The summed E-state index contributed by atoms with van der Waals surface area (Å²) >= 11 is 11.9. The molecule has 7 nitrogen and oxygen atoms in total. The van der Waals surface area contributed by atoms with Crippen molar-refractivity contribution in [3.05, 3.63) is 70.0 Å². The fourth-order valence-electron chi connectivity index (χ4n) is 2.86. The van der Waals surface area contributed by atoms with Crippen LogP contribution in [0.4, 0.5) is 5.82 Å². The summed E-state index contributed by atoms with van der Waals surface area (Å²) < 4.78 is 10.4. The maximum Gasteiger partial charge on any atom is 0.376 e. The number of carbonyl (C=O) groups is 1. The van der Waals surface area contributed by atoms with E-state index in [1.807, 2.05) is 24.3 Å². The molecule has 152 valence electrons. The van der Waals surface area contributed by atoms with Gasteiger partial charge < -0.3 is 14.6 Å². The largest absolute Gasteiger partial charge is 0.460 e. The van der Waals surface area contributed by atoms with Crippen molar-refractivity contribution in [2.75, 3.05) is 11.9 Å². The molecule has 2 aromatic heterocycles. The average Bonchev–Trinajstić information content (AvgIpc) is 3.18.